The summed E-state index contributed by atoms with van der Waals surface area (Å²) in [5.74, 6) is 0.770. The quantitative estimate of drug-likeness (QED) is 0.772. The molecule has 5 heteroatoms. The van der Waals surface area contributed by atoms with Crippen molar-refractivity contribution in [1.29, 1.82) is 0 Å². The molecule has 2 aromatic rings. The normalized spacial score (nSPS) is 10.2. The molecule has 0 amide bonds. The van der Waals surface area contributed by atoms with Crippen molar-refractivity contribution in [2.24, 2.45) is 0 Å². The van der Waals surface area contributed by atoms with E-state index < -0.39 is 5.24 Å². The van der Waals surface area contributed by atoms with Crippen molar-refractivity contribution in [2.45, 2.75) is 6.61 Å². The molecular weight excluding hydrogens is 299 g/mol. The molecule has 0 radical (unpaired) electrons. The smallest absolute Gasteiger partial charge is 0.256 e. The van der Waals surface area contributed by atoms with Crippen molar-refractivity contribution in [3.05, 3.63) is 58.6 Å². The molecule has 0 aromatic heterocycles. The van der Waals surface area contributed by atoms with Crippen LogP contribution < -0.4 is 9.47 Å². The van der Waals surface area contributed by atoms with E-state index in [0.717, 1.165) is 5.56 Å². The van der Waals surface area contributed by atoms with Crippen molar-refractivity contribution in [3.8, 4) is 11.5 Å². The first-order chi connectivity index (χ1) is 9.61. The number of ether oxygens (including phenoxy) is 2. The van der Waals surface area contributed by atoms with Gasteiger partial charge in [0, 0.05) is 6.07 Å². The van der Waals surface area contributed by atoms with E-state index in [9.17, 15) is 4.79 Å². The van der Waals surface area contributed by atoms with Gasteiger partial charge in [-0.15, -0.1) is 0 Å². The van der Waals surface area contributed by atoms with Crippen molar-refractivity contribution in [1.82, 2.24) is 0 Å². The summed E-state index contributed by atoms with van der Waals surface area (Å²) in [4.78, 5) is 11.4. The SMILES string of the molecule is COc1cc(OCc2ccccc2)c(C(=O)Cl)cc1Cl. The van der Waals surface area contributed by atoms with Crippen LogP contribution in [0, 0.1) is 0 Å². The molecule has 0 fully saturated rings. The minimum atomic E-state index is -0.627. The fraction of sp³-hybridized carbons (Fsp3) is 0.133. The number of methoxy groups -OCH3 is 1. The van der Waals surface area contributed by atoms with Gasteiger partial charge in [0.1, 0.15) is 18.1 Å². The molecule has 104 valence electrons. The summed E-state index contributed by atoms with van der Waals surface area (Å²) in [6.45, 7) is 0.322. The third kappa shape index (κ3) is 3.44. The fourth-order valence-corrected chi connectivity index (χ4v) is 2.09. The monoisotopic (exact) mass is 310 g/mol. The van der Waals surface area contributed by atoms with Crippen LogP contribution in [0.5, 0.6) is 11.5 Å². The lowest BCUT2D eigenvalue weighted by Crippen LogP contribution is -2.01. The number of carbonyl (C=O) groups excluding carboxylic acids is 1. The molecule has 2 aromatic carbocycles. The maximum Gasteiger partial charge on any atom is 0.256 e. The molecule has 0 saturated heterocycles. The molecule has 0 unspecified atom stereocenters. The largest absolute Gasteiger partial charge is 0.495 e. The van der Waals surface area contributed by atoms with E-state index in [2.05, 4.69) is 0 Å². The second-order valence-electron chi connectivity index (χ2n) is 4.03. The van der Waals surface area contributed by atoms with Crippen molar-refractivity contribution >= 4 is 28.4 Å². The van der Waals surface area contributed by atoms with Crippen LogP contribution in [0.1, 0.15) is 15.9 Å². The van der Waals surface area contributed by atoms with Crippen LogP contribution in [0.15, 0.2) is 42.5 Å². The van der Waals surface area contributed by atoms with Crippen LogP contribution in [0.4, 0.5) is 0 Å². The predicted octanol–water partition coefficient (Wildman–Crippen LogP) is 4.31. The van der Waals surface area contributed by atoms with E-state index in [-0.39, 0.29) is 5.56 Å². The zero-order valence-electron chi connectivity index (χ0n) is 10.7. The van der Waals surface area contributed by atoms with Crippen molar-refractivity contribution < 1.29 is 14.3 Å². The molecule has 0 spiro atoms. The Morgan fingerprint density at radius 1 is 1.15 bits per heavy atom. The van der Waals surface area contributed by atoms with E-state index in [1.165, 1.54) is 13.2 Å². The van der Waals surface area contributed by atoms with Crippen molar-refractivity contribution in [3.63, 3.8) is 0 Å². The molecule has 0 bridgehead atoms. The highest BCUT2D eigenvalue weighted by Crippen LogP contribution is 2.33. The lowest BCUT2D eigenvalue weighted by atomic mass is 10.2. The van der Waals surface area contributed by atoms with E-state index in [0.29, 0.717) is 23.1 Å². The first-order valence-electron chi connectivity index (χ1n) is 5.86. The van der Waals surface area contributed by atoms with Crippen LogP contribution >= 0.6 is 23.2 Å². The molecule has 0 aliphatic carbocycles. The van der Waals surface area contributed by atoms with E-state index in [1.54, 1.807) is 6.07 Å². The summed E-state index contributed by atoms with van der Waals surface area (Å²) in [5.41, 5.74) is 1.20. The number of carbonyl (C=O) groups is 1. The van der Waals surface area contributed by atoms with Crippen LogP contribution in [-0.2, 0) is 6.61 Å². The average Bonchev–Trinajstić information content (AvgIpc) is 2.46. The Labute approximate surface area is 127 Å². The third-order valence-corrected chi connectivity index (χ3v) is 3.20. The lowest BCUT2D eigenvalue weighted by molar-refractivity contribution is 0.107. The van der Waals surface area contributed by atoms with Crippen LogP contribution in [-0.4, -0.2) is 12.4 Å². The second-order valence-corrected chi connectivity index (χ2v) is 4.78. The van der Waals surface area contributed by atoms with Crippen molar-refractivity contribution in [2.75, 3.05) is 7.11 Å². The highest BCUT2D eigenvalue weighted by atomic mass is 35.5. The highest BCUT2D eigenvalue weighted by Gasteiger charge is 2.15. The number of rotatable bonds is 5. The predicted molar refractivity (Wildman–Crippen MR) is 79.0 cm³/mol. The van der Waals surface area contributed by atoms with Gasteiger partial charge in [-0.05, 0) is 23.2 Å². The number of hydrogen-bond acceptors (Lipinski definition) is 3. The Bertz CT molecular complexity index is 612. The summed E-state index contributed by atoms with van der Waals surface area (Å²) < 4.78 is 10.7. The topological polar surface area (TPSA) is 35.5 Å². The Kier molecular flexibility index (Phi) is 4.88. The summed E-state index contributed by atoms with van der Waals surface area (Å²) in [7, 11) is 1.49. The summed E-state index contributed by atoms with van der Waals surface area (Å²) in [5, 5.41) is -0.318. The molecule has 2 rings (SSSR count). The fourth-order valence-electron chi connectivity index (χ4n) is 1.70. The maximum atomic E-state index is 11.4. The Balaban J connectivity index is 2.27. The van der Waals surface area contributed by atoms with Gasteiger partial charge in [0.15, 0.2) is 0 Å². The van der Waals surface area contributed by atoms with Gasteiger partial charge in [-0.2, -0.15) is 0 Å². The van der Waals surface area contributed by atoms with E-state index in [1.807, 2.05) is 30.3 Å². The average molecular weight is 311 g/mol. The Morgan fingerprint density at radius 2 is 1.85 bits per heavy atom. The van der Waals surface area contributed by atoms with Gasteiger partial charge in [-0.25, -0.2) is 0 Å². The maximum absolute atomic E-state index is 11.4. The molecular formula is C15H12Cl2O3. The molecule has 0 atom stereocenters. The molecule has 0 heterocycles. The molecule has 0 saturated carbocycles. The van der Waals surface area contributed by atoms with Gasteiger partial charge in [0.05, 0.1) is 17.7 Å². The zero-order valence-corrected chi connectivity index (χ0v) is 12.2. The van der Waals surface area contributed by atoms with Crippen LogP contribution in [0.3, 0.4) is 0 Å². The minimum Gasteiger partial charge on any atom is -0.495 e. The molecule has 0 aliphatic rings. The lowest BCUT2D eigenvalue weighted by Gasteiger charge is -2.12. The summed E-state index contributed by atoms with van der Waals surface area (Å²) >= 11 is 11.5. The third-order valence-electron chi connectivity index (χ3n) is 2.70. The second kappa shape index (κ2) is 6.64. The summed E-state index contributed by atoms with van der Waals surface area (Å²) in [6.07, 6.45) is 0. The first-order valence-corrected chi connectivity index (χ1v) is 6.61. The van der Waals surface area contributed by atoms with Crippen LogP contribution in [0.2, 0.25) is 5.02 Å². The molecule has 0 N–H and O–H groups in total. The van der Waals surface area contributed by atoms with Crippen LogP contribution in [0.25, 0.3) is 0 Å². The van der Waals surface area contributed by atoms with E-state index in [4.69, 9.17) is 32.7 Å². The molecule has 20 heavy (non-hydrogen) atoms. The van der Waals surface area contributed by atoms with Gasteiger partial charge in [0.2, 0.25) is 0 Å². The number of hydrogen-bond donors (Lipinski definition) is 0. The van der Waals surface area contributed by atoms with E-state index >= 15 is 0 Å². The minimum absolute atomic E-state index is 0.216. The zero-order chi connectivity index (χ0) is 14.5. The van der Waals surface area contributed by atoms with Gasteiger partial charge in [-0.1, -0.05) is 41.9 Å². The number of benzene rings is 2. The summed E-state index contributed by atoms with van der Waals surface area (Å²) in [6, 6.07) is 12.6. The van der Waals surface area contributed by atoms with Gasteiger partial charge < -0.3 is 9.47 Å². The van der Waals surface area contributed by atoms with Gasteiger partial charge in [0.25, 0.3) is 5.24 Å². The standard InChI is InChI=1S/C15H12Cl2O3/c1-19-14-8-13(11(15(17)18)7-12(14)16)20-9-10-5-3-2-4-6-10/h2-8H,9H2,1H3. The highest BCUT2D eigenvalue weighted by molar-refractivity contribution is 6.68. The van der Waals surface area contributed by atoms with Gasteiger partial charge in [-0.3, -0.25) is 4.79 Å². The first kappa shape index (κ1) is 14.7. The number of halogens is 2. The Morgan fingerprint density at radius 3 is 2.45 bits per heavy atom. The molecule has 3 nitrogen and oxygen atoms in total. The molecule has 0 aliphatic heterocycles. The van der Waals surface area contributed by atoms with Gasteiger partial charge >= 0.3 is 0 Å². The Hall–Kier alpha value is -1.71.